The predicted molar refractivity (Wildman–Crippen MR) is 113 cm³/mol. The minimum Gasteiger partial charge on any atom is -0.353 e. The topological polar surface area (TPSA) is 82.5 Å². The Balaban J connectivity index is 1.28. The van der Waals surface area contributed by atoms with Crippen LogP contribution >= 0.6 is 0 Å². The van der Waals surface area contributed by atoms with E-state index in [-0.39, 0.29) is 11.9 Å². The van der Waals surface area contributed by atoms with E-state index in [9.17, 15) is 4.79 Å². The summed E-state index contributed by atoms with van der Waals surface area (Å²) in [5.74, 6) is 2.26. The highest BCUT2D eigenvalue weighted by atomic mass is 16.2. The molecule has 1 aromatic heterocycles. The standard InChI is InChI=1S/C22H24N6O/c1-14-21(29)23-9-10-28(14)20-12-17(13-25-20)16-3-2-4-18(11-16)26-22-24-8-7-19(27-22)15-5-6-15/h2-4,7-8,11,13-15H,5-6,9-10,12H2,1H3,(H,23,29)(H,24,26,27). The highest BCUT2D eigenvalue weighted by Gasteiger charge is 2.29. The number of aromatic nitrogens is 2. The monoisotopic (exact) mass is 388 g/mol. The van der Waals surface area contributed by atoms with Crippen LogP contribution in [0, 0.1) is 0 Å². The lowest BCUT2D eigenvalue weighted by molar-refractivity contribution is -0.126. The fourth-order valence-corrected chi connectivity index (χ4v) is 3.87. The number of rotatable bonds is 4. The molecule has 148 valence electrons. The molecule has 7 heteroatoms. The SMILES string of the molecule is CC1C(=O)NCCN1C1=NC=C(c2cccc(Nc3nccc(C4CC4)n3)c2)C1. The second-order valence-corrected chi connectivity index (χ2v) is 7.82. The number of aliphatic imine (C=N–C) groups is 1. The van der Waals surface area contributed by atoms with Crippen molar-refractivity contribution in [3.63, 3.8) is 0 Å². The Morgan fingerprint density at radius 3 is 3.00 bits per heavy atom. The summed E-state index contributed by atoms with van der Waals surface area (Å²) in [6.45, 7) is 3.38. The summed E-state index contributed by atoms with van der Waals surface area (Å²) in [5.41, 5.74) is 4.33. The van der Waals surface area contributed by atoms with Gasteiger partial charge in [-0.15, -0.1) is 0 Å². The van der Waals surface area contributed by atoms with Crippen LogP contribution in [0.1, 0.15) is 43.4 Å². The molecular formula is C22H24N6O. The molecule has 1 saturated carbocycles. The summed E-state index contributed by atoms with van der Waals surface area (Å²) in [4.78, 5) is 27.7. The number of piperazine rings is 1. The van der Waals surface area contributed by atoms with Gasteiger partial charge in [-0.05, 0) is 49.1 Å². The van der Waals surface area contributed by atoms with Crippen molar-refractivity contribution in [3.05, 3.63) is 54.0 Å². The maximum Gasteiger partial charge on any atom is 0.242 e. The molecule has 1 aromatic carbocycles. The van der Waals surface area contributed by atoms with Crippen molar-refractivity contribution >= 4 is 29.0 Å². The Labute approximate surface area is 170 Å². The molecule has 1 saturated heterocycles. The van der Waals surface area contributed by atoms with Gasteiger partial charge in [0, 0.05) is 49.2 Å². The Morgan fingerprint density at radius 2 is 2.14 bits per heavy atom. The van der Waals surface area contributed by atoms with Crippen molar-refractivity contribution in [2.45, 2.75) is 38.1 Å². The molecule has 3 heterocycles. The minimum absolute atomic E-state index is 0.0621. The molecule has 1 aliphatic carbocycles. The number of benzene rings is 1. The Hall–Kier alpha value is -3.22. The van der Waals surface area contributed by atoms with Gasteiger partial charge >= 0.3 is 0 Å². The van der Waals surface area contributed by atoms with Crippen molar-refractivity contribution in [2.75, 3.05) is 18.4 Å². The molecule has 1 atom stereocenters. The summed E-state index contributed by atoms with van der Waals surface area (Å²) >= 11 is 0. The number of nitrogens with zero attached hydrogens (tertiary/aromatic N) is 4. The zero-order chi connectivity index (χ0) is 19.8. The van der Waals surface area contributed by atoms with Crippen LogP contribution in [0.4, 0.5) is 11.6 Å². The number of amidine groups is 1. The van der Waals surface area contributed by atoms with E-state index >= 15 is 0 Å². The maximum atomic E-state index is 12.0. The molecule has 0 bridgehead atoms. The van der Waals surface area contributed by atoms with Crippen molar-refractivity contribution < 1.29 is 4.79 Å². The third-order valence-electron chi connectivity index (χ3n) is 5.71. The zero-order valence-corrected chi connectivity index (χ0v) is 16.4. The summed E-state index contributed by atoms with van der Waals surface area (Å²) in [7, 11) is 0. The second kappa shape index (κ2) is 7.31. The smallest absolute Gasteiger partial charge is 0.242 e. The largest absolute Gasteiger partial charge is 0.353 e. The molecule has 1 amide bonds. The molecule has 1 unspecified atom stereocenters. The average Bonchev–Trinajstić information content (AvgIpc) is 3.48. The lowest BCUT2D eigenvalue weighted by Crippen LogP contribution is -2.55. The van der Waals surface area contributed by atoms with E-state index in [2.05, 4.69) is 42.6 Å². The molecule has 7 nitrogen and oxygen atoms in total. The number of hydrogen-bond donors (Lipinski definition) is 2. The van der Waals surface area contributed by atoms with Gasteiger partial charge in [-0.2, -0.15) is 0 Å². The number of amides is 1. The van der Waals surface area contributed by atoms with Crippen LogP contribution in [0.5, 0.6) is 0 Å². The first-order chi connectivity index (χ1) is 14.2. The highest BCUT2D eigenvalue weighted by Crippen LogP contribution is 2.39. The number of nitrogens with one attached hydrogen (secondary N) is 2. The predicted octanol–water partition coefficient (Wildman–Crippen LogP) is 3.06. The van der Waals surface area contributed by atoms with Gasteiger partial charge in [0.15, 0.2) is 0 Å². The van der Waals surface area contributed by atoms with Gasteiger partial charge in [-0.3, -0.25) is 4.79 Å². The van der Waals surface area contributed by atoms with Crippen molar-refractivity contribution in [1.82, 2.24) is 20.2 Å². The van der Waals surface area contributed by atoms with Gasteiger partial charge in [0.25, 0.3) is 0 Å². The van der Waals surface area contributed by atoms with Crippen LogP contribution < -0.4 is 10.6 Å². The number of hydrogen-bond acceptors (Lipinski definition) is 6. The third-order valence-corrected chi connectivity index (χ3v) is 5.71. The average molecular weight is 388 g/mol. The van der Waals surface area contributed by atoms with Crippen LogP contribution in [0.15, 0.2) is 47.7 Å². The number of carbonyl (C=O) groups excluding carboxylic acids is 1. The van der Waals surface area contributed by atoms with E-state index in [1.54, 1.807) is 0 Å². The summed E-state index contributed by atoms with van der Waals surface area (Å²) in [6, 6.07) is 10.1. The van der Waals surface area contributed by atoms with E-state index < -0.39 is 0 Å². The van der Waals surface area contributed by atoms with Crippen LogP contribution in [0.25, 0.3) is 5.57 Å². The summed E-state index contributed by atoms with van der Waals surface area (Å²) in [5, 5.41) is 6.23. The first kappa shape index (κ1) is 17.8. The van der Waals surface area contributed by atoms with Crippen molar-refractivity contribution in [2.24, 2.45) is 4.99 Å². The molecule has 2 fully saturated rings. The van der Waals surface area contributed by atoms with Crippen LogP contribution in [-0.4, -0.2) is 45.7 Å². The molecule has 29 heavy (non-hydrogen) atoms. The zero-order valence-electron chi connectivity index (χ0n) is 16.4. The fourth-order valence-electron chi connectivity index (χ4n) is 3.87. The molecule has 2 aromatic rings. The molecule has 2 N–H and O–H groups in total. The third kappa shape index (κ3) is 3.72. The van der Waals surface area contributed by atoms with Crippen molar-refractivity contribution in [3.8, 4) is 0 Å². The molecule has 2 aliphatic heterocycles. The van der Waals surface area contributed by atoms with E-state index in [1.165, 1.54) is 12.8 Å². The second-order valence-electron chi connectivity index (χ2n) is 7.82. The lowest BCUT2D eigenvalue weighted by Gasteiger charge is -2.34. The minimum atomic E-state index is -0.181. The number of carbonyl (C=O) groups is 1. The molecule has 0 spiro atoms. The molecule has 3 aliphatic rings. The van der Waals surface area contributed by atoms with Gasteiger partial charge in [0.05, 0.1) is 0 Å². The first-order valence-electron chi connectivity index (χ1n) is 10.2. The van der Waals surface area contributed by atoms with Gasteiger partial charge in [0.1, 0.15) is 11.9 Å². The van der Waals surface area contributed by atoms with Gasteiger partial charge < -0.3 is 15.5 Å². The normalized spacial score (nSPS) is 21.5. The van der Waals surface area contributed by atoms with Crippen LogP contribution in [-0.2, 0) is 4.79 Å². The van der Waals surface area contributed by atoms with E-state index in [1.807, 2.05) is 37.5 Å². The van der Waals surface area contributed by atoms with Crippen LogP contribution in [0.3, 0.4) is 0 Å². The van der Waals surface area contributed by atoms with Gasteiger partial charge in [-0.25, -0.2) is 15.0 Å². The molecule has 5 rings (SSSR count). The van der Waals surface area contributed by atoms with Gasteiger partial charge in [-0.1, -0.05) is 12.1 Å². The van der Waals surface area contributed by atoms with E-state index in [0.29, 0.717) is 18.4 Å². The Kier molecular flexibility index (Phi) is 4.50. The quantitative estimate of drug-likeness (QED) is 0.841. The fraction of sp³-hybridized carbons (Fsp3) is 0.364. The Morgan fingerprint density at radius 1 is 1.24 bits per heavy atom. The van der Waals surface area contributed by atoms with Crippen molar-refractivity contribution in [1.29, 1.82) is 0 Å². The maximum absolute atomic E-state index is 12.0. The molecular weight excluding hydrogens is 364 g/mol. The summed E-state index contributed by atoms with van der Waals surface area (Å²) in [6.07, 6.45) is 6.91. The van der Waals surface area contributed by atoms with Crippen LogP contribution in [0.2, 0.25) is 0 Å². The first-order valence-corrected chi connectivity index (χ1v) is 10.2. The number of anilines is 2. The molecule has 0 radical (unpaired) electrons. The van der Waals surface area contributed by atoms with Gasteiger partial charge in [0.2, 0.25) is 11.9 Å². The van der Waals surface area contributed by atoms with E-state index in [0.717, 1.165) is 41.3 Å². The highest BCUT2D eigenvalue weighted by molar-refractivity contribution is 5.99. The summed E-state index contributed by atoms with van der Waals surface area (Å²) < 4.78 is 0. The van der Waals surface area contributed by atoms with E-state index in [4.69, 9.17) is 0 Å². The Bertz CT molecular complexity index is 1010. The lowest BCUT2D eigenvalue weighted by atomic mass is 10.0.